The number of para-hydroxylation sites is 4. The average Bonchev–Trinajstić information content (AvgIpc) is 3.83. The van der Waals surface area contributed by atoms with Gasteiger partial charge < -0.3 is 9.80 Å². The van der Waals surface area contributed by atoms with Gasteiger partial charge in [0.05, 0.1) is 11.4 Å². The van der Waals surface area contributed by atoms with E-state index in [4.69, 9.17) is 0 Å². The van der Waals surface area contributed by atoms with Crippen LogP contribution in [0, 0.1) is 0 Å². The SMILES string of the molecule is CC1(C)c2cc3c(cc2C(C)(C)c2cc4c(cc21)-c1ccc(N(c2ccccc2)c2ccccc2)c2cccc-4c12)-c1ccc(N(c2ccccc2)c2ccccc2)c2cccc-3c12. The molecule has 0 amide bonds. The Labute approximate surface area is 375 Å². The highest BCUT2D eigenvalue weighted by molar-refractivity contribution is 6.21. The minimum Gasteiger partial charge on any atom is -0.310 e. The Hall–Kier alpha value is -7.68. The van der Waals surface area contributed by atoms with Crippen molar-refractivity contribution in [1.29, 1.82) is 0 Å². The van der Waals surface area contributed by atoms with Crippen molar-refractivity contribution >= 4 is 55.7 Å². The molecular formula is C62H46N2. The van der Waals surface area contributed by atoms with Crippen LogP contribution in [0.5, 0.6) is 0 Å². The second-order valence-electron chi connectivity index (χ2n) is 18.9. The fourth-order valence-corrected chi connectivity index (χ4v) is 11.7. The molecule has 0 saturated carbocycles. The van der Waals surface area contributed by atoms with E-state index in [2.05, 4.69) is 244 Å². The summed E-state index contributed by atoms with van der Waals surface area (Å²) in [6.45, 7) is 9.82. The van der Waals surface area contributed by atoms with Crippen LogP contribution in [0.3, 0.4) is 0 Å². The van der Waals surface area contributed by atoms with Crippen molar-refractivity contribution in [3.63, 3.8) is 0 Å². The minimum atomic E-state index is -0.235. The Bertz CT molecular complexity index is 3140. The lowest BCUT2D eigenvalue weighted by atomic mass is 9.59. The van der Waals surface area contributed by atoms with E-state index in [1.54, 1.807) is 0 Å². The molecule has 0 bridgehead atoms. The summed E-state index contributed by atoms with van der Waals surface area (Å²) < 4.78 is 0. The van der Waals surface area contributed by atoms with Crippen LogP contribution < -0.4 is 9.80 Å². The van der Waals surface area contributed by atoms with Gasteiger partial charge in [-0.2, -0.15) is 0 Å². The molecule has 0 radical (unpaired) electrons. The Kier molecular flexibility index (Phi) is 7.74. The maximum absolute atomic E-state index is 2.56. The van der Waals surface area contributed by atoms with Crippen molar-refractivity contribution in [2.75, 3.05) is 9.80 Å². The Morgan fingerprint density at radius 2 is 0.547 bits per heavy atom. The highest BCUT2D eigenvalue weighted by atomic mass is 15.1. The molecule has 0 aromatic heterocycles. The first-order valence-electron chi connectivity index (χ1n) is 22.6. The Morgan fingerprint density at radius 3 is 0.844 bits per heavy atom. The summed E-state index contributed by atoms with van der Waals surface area (Å²) in [6.07, 6.45) is 0. The van der Waals surface area contributed by atoms with Gasteiger partial charge in [0.15, 0.2) is 0 Å². The van der Waals surface area contributed by atoms with Gasteiger partial charge in [0.2, 0.25) is 0 Å². The maximum Gasteiger partial charge on any atom is 0.0540 e. The summed E-state index contributed by atoms with van der Waals surface area (Å²) >= 11 is 0. The Morgan fingerprint density at radius 1 is 0.266 bits per heavy atom. The smallest absolute Gasteiger partial charge is 0.0540 e. The van der Waals surface area contributed by atoms with Gasteiger partial charge in [0.1, 0.15) is 0 Å². The van der Waals surface area contributed by atoms with Gasteiger partial charge in [-0.05, 0) is 162 Å². The van der Waals surface area contributed by atoms with E-state index in [1.807, 2.05) is 0 Å². The van der Waals surface area contributed by atoms with Crippen LogP contribution >= 0.6 is 0 Å². The molecule has 64 heavy (non-hydrogen) atoms. The molecule has 13 rings (SSSR count). The molecule has 0 fully saturated rings. The zero-order valence-electron chi connectivity index (χ0n) is 36.5. The lowest BCUT2D eigenvalue weighted by molar-refractivity contribution is 0.521. The van der Waals surface area contributed by atoms with Crippen molar-refractivity contribution < 1.29 is 0 Å². The third-order valence-electron chi connectivity index (χ3n) is 14.7. The van der Waals surface area contributed by atoms with E-state index in [-0.39, 0.29) is 10.8 Å². The van der Waals surface area contributed by atoms with Gasteiger partial charge in [0.25, 0.3) is 0 Å². The lowest BCUT2D eigenvalue weighted by Gasteiger charge is -2.44. The molecule has 0 spiro atoms. The topological polar surface area (TPSA) is 6.48 Å². The summed E-state index contributed by atoms with van der Waals surface area (Å²) in [5.41, 5.74) is 22.8. The van der Waals surface area contributed by atoms with Crippen molar-refractivity contribution in [2.24, 2.45) is 0 Å². The molecule has 0 unspecified atom stereocenters. The molecule has 0 atom stereocenters. The molecule has 304 valence electrons. The molecule has 2 heteroatoms. The predicted molar refractivity (Wildman–Crippen MR) is 270 cm³/mol. The summed E-state index contributed by atoms with van der Waals surface area (Å²) in [5.74, 6) is 0. The van der Waals surface area contributed by atoms with E-state index in [0.717, 1.165) is 22.7 Å². The van der Waals surface area contributed by atoms with E-state index < -0.39 is 0 Å². The van der Waals surface area contributed by atoms with Crippen LogP contribution in [-0.2, 0) is 10.8 Å². The quantitative estimate of drug-likeness (QED) is 0.165. The van der Waals surface area contributed by atoms with Crippen LogP contribution in [0.4, 0.5) is 34.1 Å². The molecule has 3 aliphatic carbocycles. The normalized spacial score (nSPS) is 14.2. The molecule has 10 aromatic rings. The molecule has 0 aliphatic heterocycles. The highest BCUT2D eigenvalue weighted by Gasteiger charge is 2.44. The van der Waals surface area contributed by atoms with Crippen molar-refractivity contribution in [3.05, 3.63) is 229 Å². The molecule has 0 N–H and O–H groups in total. The van der Waals surface area contributed by atoms with Gasteiger partial charge >= 0.3 is 0 Å². The van der Waals surface area contributed by atoms with Gasteiger partial charge in [0, 0.05) is 44.4 Å². The van der Waals surface area contributed by atoms with Gasteiger partial charge in [-0.15, -0.1) is 0 Å². The van der Waals surface area contributed by atoms with Crippen LogP contribution in [0.1, 0.15) is 49.9 Å². The standard InChI is InChI=1S/C62H46N2/c1-61(2)53-35-49-43-27-17-29-47-58(64(41-23-13-7-14-24-41)42-25-15-8-16-26-42)34-32-46(59(43)47)52(49)38-56(53)62(3,4)54-36-50-44-28-18-30-48-57(33-31-45(60(44)48)51(50)37-55(54)61)63(39-19-9-5-10-20-39)40-21-11-6-12-22-40/h5-38H,1-4H3. The van der Waals surface area contributed by atoms with Crippen LogP contribution in [0.2, 0.25) is 0 Å². The molecular weight excluding hydrogens is 773 g/mol. The predicted octanol–water partition coefficient (Wildman–Crippen LogP) is 17.2. The second kappa shape index (κ2) is 13.4. The first kappa shape index (κ1) is 36.9. The monoisotopic (exact) mass is 818 g/mol. The first-order chi connectivity index (χ1) is 31.3. The molecule has 0 saturated heterocycles. The fraction of sp³-hybridized carbons (Fsp3) is 0.0968. The summed E-state index contributed by atoms with van der Waals surface area (Å²) in [7, 11) is 0. The number of hydrogen-bond donors (Lipinski definition) is 0. The number of anilines is 6. The highest BCUT2D eigenvalue weighted by Crippen LogP contribution is 2.60. The third-order valence-corrected chi connectivity index (χ3v) is 14.7. The molecule has 3 aliphatic rings. The van der Waals surface area contributed by atoms with Crippen LogP contribution in [0.15, 0.2) is 206 Å². The molecule has 10 aromatic carbocycles. The third kappa shape index (κ3) is 5.08. The zero-order chi connectivity index (χ0) is 42.9. The Balaban J connectivity index is 0.964. The zero-order valence-corrected chi connectivity index (χ0v) is 36.5. The first-order valence-corrected chi connectivity index (χ1v) is 22.6. The minimum absolute atomic E-state index is 0.235. The molecule has 2 nitrogen and oxygen atoms in total. The summed E-state index contributed by atoms with van der Waals surface area (Å²) in [4.78, 5) is 4.81. The van der Waals surface area contributed by atoms with Crippen molar-refractivity contribution in [1.82, 2.24) is 0 Å². The van der Waals surface area contributed by atoms with E-state index in [0.29, 0.717) is 0 Å². The number of nitrogens with zero attached hydrogens (tertiary/aromatic N) is 2. The summed E-state index contributed by atoms with van der Waals surface area (Å²) in [5, 5.41) is 5.20. The van der Waals surface area contributed by atoms with Crippen molar-refractivity contribution in [2.45, 2.75) is 38.5 Å². The van der Waals surface area contributed by atoms with Gasteiger partial charge in [-0.1, -0.05) is 149 Å². The number of rotatable bonds is 6. The van der Waals surface area contributed by atoms with Crippen LogP contribution in [0.25, 0.3) is 66.1 Å². The number of fused-ring (bicyclic) bond motifs is 8. The second-order valence-corrected chi connectivity index (χ2v) is 18.9. The lowest BCUT2D eigenvalue weighted by Crippen LogP contribution is -2.36. The van der Waals surface area contributed by atoms with Crippen LogP contribution in [-0.4, -0.2) is 0 Å². The van der Waals surface area contributed by atoms with E-state index >= 15 is 0 Å². The van der Waals surface area contributed by atoms with Gasteiger partial charge in [-0.25, -0.2) is 0 Å². The average molecular weight is 819 g/mol. The van der Waals surface area contributed by atoms with Crippen molar-refractivity contribution in [3.8, 4) is 44.5 Å². The largest absolute Gasteiger partial charge is 0.310 e. The number of benzene rings is 10. The molecule has 0 heterocycles. The van der Waals surface area contributed by atoms with E-state index in [9.17, 15) is 0 Å². The van der Waals surface area contributed by atoms with E-state index in [1.165, 1.54) is 99.7 Å². The number of hydrogen-bond acceptors (Lipinski definition) is 2. The maximum atomic E-state index is 2.56. The summed E-state index contributed by atoms with van der Waals surface area (Å²) in [6, 6.07) is 76.6. The van der Waals surface area contributed by atoms with Gasteiger partial charge in [-0.3, -0.25) is 0 Å². The fourth-order valence-electron chi connectivity index (χ4n) is 11.7.